The Hall–Kier alpha value is -4.13. The Bertz CT molecular complexity index is 1270. The molecule has 0 spiro atoms. The van der Waals surface area contributed by atoms with Gasteiger partial charge in [0.15, 0.2) is 17.1 Å². The van der Waals surface area contributed by atoms with Crippen molar-refractivity contribution < 1.29 is 9.90 Å². The molecule has 0 saturated carbocycles. The summed E-state index contributed by atoms with van der Waals surface area (Å²) in [6.07, 6.45) is 0. The quantitative estimate of drug-likeness (QED) is 0.514. The van der Waals surface area contributed by atoms with E-state index in [2.05, 4.69) is 9.69 Å². The Labute approximate surface area is 187 Å². The number of carbonyl (C=O) groups is 1. The number of nitrogens with zero attached hydrogens (tertiary/aromatic N) is 4. The predicted octanol–water partition coefficient (Wildman–Crippen LogP) is 6.17. The lowest BCUT2D eigenvalue weighted by Crippen LogP contribution is -2.56. The van der Waals surface area contributed by atoms with Crippen LogP contribution in [-0.2, 0) is 5.72 Å². The Morgan fingerprint density at radius 3 is 1.97 bits per heavy atom. The molecule has 1 unspecified atom stereocenters. The van der Waals surface area contributed by atoms with Gasteiger partial charge in [-0.25, -0.2) is 14.5 Å². The first-order valence-electron chi connectivity index (χ1n) is 10.1. The molecule has 32 heavy (non-hydrogen) atoms. The molecular weight excluding hydrogens is 400 g/mol. The van der Waals surface area contributed by atoms with E-state index < -0.39 is 17.3 Å². The SMILES string of the molecule is [C-]#[N+]c1ccc(N2C(=O)N(c3ccc(C)cc3)C(C)(C)C2(O)c2cccc([N+]#[C-])c2)cc1. The van der Waals surface area contributed by atoms with Gasteiger partial charge >= 0.3 is 6.03 Å². The van der Waals surface area contributed by atoms with Crippen LogP contribution in [0.5, 0.6) is 0 Å². The van der Waals surface area contributed by atoms with Crippen molar-refractivity contribution in [3.8, 4) is 0 Å². The van der Waals surface area contributed by atoms with Crippen molar-refractivity contribution in [2.75, 3.05) is 9.80 Å². The molecule has 6 nitrogen and oxygen atoms in total. The van der Waals surface area contributed by atoms with E-state index in [1.807, 2.05) is 45.0 Å². The van der Waals surface area contributed by atoms with E-state index >= 15 is 0 Å². The molecule has 0 aliphatic carbocycles. The second kappa shape index (κ2) is 7.53. The first-order valence-corrected chi connectivity index (χ1v) is 10.1. The highest BCUT2D eigenvalue weighted by Crippen LogP contribution is 2.51. The van der Waals surface area contributed by atoms with Crippen molar-refractivity contribution in [3.05, 3.63) is 107 Å². The van der Waals surface area contributed by atoms with E-state index in [1.165, 1.54) is 4.90 Å². The van der Waals surface area contributed by atoms with Gasteiger partial charge in [-0.3, -0.25) is 9.80 Å². The minimum absolute atomic E-state index is 0.372. The van der Waals surface area contributed by atoms with Gasteiger partial charge in [0.05, 0.1) is 18.7 Å². The van der Waals surface area contributed by atoms with E-state index in [-0.39, 0.29) is 0 Å². The van der Waals surface area contributed by atoms with Crippen LogP contribution in [0.15, 0.2) is 72.8 Å². The number of rotatable bonds is 3. The van der Waals surface area contributed by atoms with Crippen LogP contribution in [0.25, 0.3) is 9.69 Å². The fraction of sp³-hybridized carbons (Fsp3) is 0.192. The molecule has 2 amide bonds. The van der Waals surface area contributed by atoms with Crippen molar-refractivity contribution in [2.45, 2.75) is 32.0 Å². The van der Waals surface area contributed by atoms with Crippen LogP contribution in [0.1, 0.15) is 25.0 Å². The summed E-state index contributed by atoms with van der Waals surface area (Å²) >= 11 is 0. The summed E-state index contributed by atoms with van der Waals surface area (Å²) in [5.74, 6) is 0. The van der Waals surface area contributed by atoms with Gasteiger partial charge in [-0.2, -0.15) is 0 Å². The van der Waals surface area contributed by atoms with Crippen LogP contribution in [0.2, 0.25) is 0 Å². The smallest absolute Gasteiger partial charge is 0.332 e. The number of aliphatic hydroxyl groups is 1. The third-order valence-electron chi connectivity index (χ3n) is 6.03. The minimum atomic E-state index is -1.78. The highest BCUT2D eigenvalue weighted by molar-refractivity contribution is 6.09. The number of urea groups is 1. The number of hydrogen-bond acceptors (Lipinski definition) is 2. The third-order valence-corrected chi connectivity index (χ3v) is 6.03. The third kappa shape index (κ3) is 3.01. The molecule has 1 heterocycles. The highest BCUT2D eigenvalue weighted by Gasteiger charge is 2.63. The molecule has 1 aliphatic rings. The van der Waals surface area contributed by atoms with Gasteiger partial charge in [-0.1, -0.05) is 48.0 Å². The maximum Gasteiger partial charge on any atom is 0.332 e. The van der Waals surface area contributed by atoms with Gasteiger partial charge < -0.3 is 5.11 Å². The second-order valence-corrected chi connectivity index (χ2v) is 8.31. The number of benzene rings is 3. The van der Waals surface area contributed by atoms with Crippen molar-refractivity contribution in [1.29, 1.82) is 0 Å². The number of amides is 2. The number of hydrogen-bond donors (Lipinski definition) is 1. The minimum Gasteiger partial charge on any atom is -0.365 e. The summed E-state index contributed by atoms with van der Waals surface area (Å²) in [6.45, 7) is 20.2. The largest absolute Gasteiger partial charge is 0.365 e. The molecule has 1 atom stereocenters. The molecule has 1 fully saturated rings. The predicted molar refractivity (Wildman–Crippen MR) is 125 cm³/mol. The second-order valence-electron chi connectivity index (χ2n) is 8.31. The van der Waals surface area contributed by atoms with Crippen molar-refractivity contribution in [2.24, 2.45) is 0 Å². The lowest BCUT2D eigenvalue weighted by molar-refractivity contribution is -0.00241. The number of aryl methyl sites for hydroxylation is 1. The van der Waals surface area contributed by atoms with Crippen LogP contribution in [-0.4, -0.2) is 16.7 Å². The lowest BCUT2D eigenvalue weighted by atomic mass is 9.83. The summed E-state index contributed by atoms with van der Waals surface area (Å²) in [5.41, 5.74) is 0.544. The molecule has 1 N–H and O–H groups in total. The van der Waals surface area contributed by atoms with Gasteiger partial charge in [-0.15, -0.1) is 0 Å². The molecule has 3 aromatic carbocycles. The lowest BCUT2D eigenvalue weighted by Gasteiger charge is -2.43. The van der Waals surface area contributed by atoms with Gasteiger partial charge in [0.25, 0.3) is 0 Å². The van der Waals surface area contributed by atoms with Gasteiger partial charge in [0, 0.05) is 11.4 Å². The van der Waals surface area contributed by atoms with E-state index in [9.17, 15) is 9.90 Å². The summed E-state index contributed by atoms with van der Waals surface area (Å²) < 4.78 is 0. The first-order chi connectivity index (χ1) is 15.2. The average molecular weight is 422 g/mol. The van der Waals surface area contributed by atoms with E-state index in [0.717, 1.165) is 5.56 Å². The standard InChI is InChI=1S/C26H22N4O2/c1-18-9-13-22(14-10-18)29-24(31)30(23-15-11-20(27-4)12-16-23)26(32,25(29,2)3)19-7-6-8-21(17-19)28-5/h6-17,32H,1-3H3. The van der Waals surface area contributed by atoms with Crippen LogP contribution >= 0.6 is 0 Å². The van der Waals surface area contributed by atoms with E-state index in [4.69, 9.17) is 13.1 Å². The topological polar surface area (TPSA) is 52.5 Å². The number of carbonyl (C=O) groups excluding carboxylic acids is 1. The molecule has 0 aromatic heterocycles. The van der Waals surface area contributed by atoms with Crippen molar-refractivity contribution in [3.63, 3.8) is 0 Å². The van der Waals surface area contributed by atoms with Gasteiger partial charge in [-0.05, 0) is 56.7 Å². The molecule has 1 saturated heterocycles. The van der Waals surface area contributed by atoms with Crippen LogP contribution < -0.4 is 9.80 Å². The average Bonchev–Trinajstić information content (AvgIpc) is 2.96. The highest BCUT2D eigenvalue weighted by atomic mass is 16.3. The molecule has 158 valence electrons. The Kier molecular flexibility index (Phi) is 4.97. The van der Waals surface area contributed by atoms with Crippen molar-refractivity contribution in [1.82, 2.24) is 0 Å². The maximum atomic E-state index is 13.9. The Balaban J connectivity index is 1.97. The monoisotopic (exact) mass is 422 g/mol. The zero-order valence-electron chi connectivity index (χ0n) is 18.1. The van der Waals surface area contributed by atoms with Crippen LogP contribution in [0.4, 0.5) is 27.5 Å². The zero-order chi connectivity index (χ0) is 23.1. The fourth-order valence-electron chi connectivity index (χ4n) is 4.28. The Morgan fingerprint density at radius 1 is 0.812 bits per heavy atom. The van der Waals surface area contributed by atoms with Crippen molar-refractivity contribution >= 4 is 28.8 Å². The molecule has 0 radical (unpaired) electrons. The molecular formula is C26H22N4O2. The van der Waals surface area contributed by atoms with Crippen LogP contribution in [0, 0.1) is 20.1 Å². The maximum absolute atomic E-state index is 13.9. The molecule has 1 aliphatic heterocycles. The van der Waals surface area contributed by atoms with Gasteiger partial charge in [0.1, 0.15) is 0 Å². The number of anilines is 2. The molecule has 3 aromatic rings. The summed E-state index contributed by atoms with van der Waals surface area (Å²) in [5, 5.41) is 12.3. The summed E-state index contributed by atoms with van der Waals surface area (Å²) in [4.78, 5) is 23.7. The summed E-state index contributed by atoms with van der Waals surface area (Å²) in [6, 6.07) is 20.4. The zero-order valence-corrected chi connectivity index (χ0v) is 18.1. The fourth-order valence-corrected chi connectivity index (χ4v) is 4.28. The van der Waals surface area contributed by atoms with Gasteiger partial charge in [0.2, 0.25) is 0 Å². The molecule has 4 rings (SSSR count). The Morgan fingerprint density at radius 2 is 1.38 bits per heavy atom. The van der Waals surface area contributed by atoms with Crippen LogP contribution in [0.3, 0.4) is 0 Å². The molecule has 0 bridgehead atoms. The summed E-state index contributed by atoms with van der Waals surface area (Å²) in [7, 11) is 0. The molecule has 6 heteroatoms. The first kappa shape index (κ1) is 21.1. The van der Waals surface area contributed by atoms with E-state index in [0.29, 0.717) is 28.3 Å². The van der Waals surface area contributed by atoms with E-state index in [1.54, 1.807) is 53.4 Å². The normalized spacial score (nSPS) is 19.5.